The monoisotopic (exact) mass is 441 g/mol. The summed E-state index contributed by atoms with van der Waals surface area (Å²) < 4.78 is 11.5. The average Bonchev–Trinajstić information content (AvgIpc) is 2.88. The van der Waals surface area contributed by atoms with Gasteiger partial charge in [0.2, 0.25) is 0 Å². The predicted molar refractivity (Wildman–Crippen MR) is 130 cm³/mol. The molecule has 1 N–H and O–H groups in total. The van der Waals surface area contributed by atoms with Crippen LogP contribution in [0.2, 0.25) is 0 Å². The van der Waals surface area contributed by atoms with Crippen molar-refractivity contribution in [1.82, 2.24) is 0 Å². The van der Waals surface area contributed by atoms with Gasteiger partial charge in [0, 0.05) is 41.9 Å². The summed E-state index contributed by atoms with van der Waals surface area (Å²) in [5.74, 6) is 1.85. The van der Waals surface area contributed by atoms with Gasteiger partial charge in [-0.1, -0.05) is 24.3 Å². The van der Waals surface area contributed by atoms with Gasteiger partial charge in [0.25, 0.3) is 0 Å². The average molecular weight is 442 g/mol. The Kier molecular flexibility index (Phi) is 5.78. The Morgan fingerprint density at radius 3 is 2.52 bits per heavy atom. The molecule has 0 spiro atoms. The number of hydrogen-bond donors (Lipinski definition) is 1. The van der Waals surface area contributed by atoms with Crippen molar-refractivity contribution in [3.63, 3.8) is 0 Å². The van der Waals surface area contributed by atoms with Gasteiger partial charge in [0.1, 0.15) is 30.1 Å². The Bertz CT molecular complexity index is 1190. The summed E-state index contributed by atoms with van der Waals surface area (Å²) in [6.07, 6.45) is 2.91. The maximum atomic E-state index is 11.1. The van der Waals surface area contributed by atoms with E-state index in [1.54, 1.807) is 19.2 Å². The lowest BCUT2D eigenvalue weighted by Gasteiger charge is -2.32. The van der Waals surface area contributed by atoms with E-state index in [1.165, 1.54) is 5.69 Å². The fraction of sp³-hybridized carbons (Fsp3) is 0.250. The molecule has 3 aromatic carbocycles. The van der Waals surface area contributed by atoms with Gasteiger partial charge in [-0.3, -0.25) is 0 Å². The molecule has 168 valence electrons. The Balaban J connectivity index is 1.56. The van der Waals surface area contributed by atoms with Gasteiger partial charge in [-0.05, 0) is 65.9 Å². The van der Waals surface area contributed by atoms with Crippen molar-refractivity contribution in [2.75, 3.05) is 31.7 Å². The number of piperidine rings is 1. The molecule has 2 aliphatic heterocycles. The number of carbonyl (C=O) groups excluding carboxylic acids is 1. The second-order valence-corrected chi connectivity index (χ2v) is 8.56. The molecular formula is C28H27NO4. The molecule has 0 bridgehead atoms. The van der Waals surface area contributed by atoms with Crippen LogP contribution in [0.15, 0.2) is 66.7 Å². The molecule has 5 nitrogen and oxygen atoms in total. The van der Waals surface area contributed by atoms with Crippen LogP contribution in [0.25, 0.3) is 11.1 Å². The Morgan fingerprint density at radius 2 is 1.79 bits per heavy atom. The van der Waals surface area contributed by atoms with Gasteiger partial charge < -0.3 is 24.3 Å². The quantitative estimate of drug-likeness (QED) is 0.554. The molecule has 0 atom stereocenters. The van der Waals surface area contributed by atoms with E-state index in [9.17, 15) is 9.90 Å². The first-order valence-corrected chi connectivity index (χ1v) is 11.3. The van der Waals surface area contributed by atoms with Crippen LogP contribution in [0.4, 0.5) is 5.69 Å². The number of methoxy groups -OCH3 is 1. The first-order valence-electron chi connectivity index (χ1n) is 11.3. The van der Waals surface area contributed by atoms with Crippen LogP contribution in [-0.2, 0) is 4.79 Å². The minimum atomic E-state index is 0.186. The highest BCUT2D eigenvalue weighted by Gasteiger charge is 2.24. The van der Waals surface area contributed by atoms with Crippen molar-refractivity contribution in [2.45, 2.75) is 12.8 Å². The second kappa shape index (κ2) is 9.02. The summed E-state index contributed by atoms with van der Waals surface area (Å²) in [7, 11) is 1.67. The van der Waals surface area contributed by atoms with Crippen molar-refractivity contribution in [3.05, 3.63) is 83.4 Å². The molecule has 0 aromatic heterocycles. The number of fused-ring (bicyclic) bond motifs is 1. The minimum absolute atomic E-state index is 0.186. The standard InChI is InChI=1S/C28H27NO4/c1-32-24-4-2-3-21(15-24)26-18-33-27-16-23(31)9-10-25(27)28(26)20-5-7-22(8-6-20)29-13-11-19(17-30)12-14-29/h2-10,15-17,19,31H,11-14,18H2,1H3. The normalized spacial score (nSPS) is 16.2. The zero-order valence-electron chi connectivity index (χ0n) is 18.7. The first-order chi connectivity index (χ1) is 16.2. The number of nitrogens with zero attached hydrogens (tertiary/aromatic N) is 1. The fourth-order valence-electron chi connectivity index (χ4n) is 4.72. The summed E-state index contributed by atoms with van der Waals surface area (Å²) in [5.41, 5.74) is 6.43. The van der Waals surface area contributed by atoms with E-state index in [1.807, 2.05) is 24.3 Å². The molecular weight excluding hydrogens is 414 g/mol. The molecule has 2 heterocycles. The van der Waals surface area contributed by atoms with Crippen molar-refractivity contribution >= 4 is 23.1 Å². The number of anilines is 1. The molecule has 5 heteroatoms. The summed E-state index contributed by atoms with van der Waals surface area (Å²) >= 11 is 0. The maximum Gasteiger partial charge on any atom is 0.131 e. The van der Waals surface area contributed by atoms with Gasteiger partial charge in [-0.25, -0.2) is 0 Å². The molecule has 0 amide bonds. The highest BCUT2D eigenvalue weighted by molar-refractivity contribution is 6.02. The van der Waals surface area contributed by atoms with Crippen molar-refractivity contribution < 1.29 is 19.4 Å². The lowest BCUT2D eigenvalue weighted by Crippen LogP contribution is -2.34. The zero-order valence-corrected chi connectivity index (χ0v) is 18.7. The van der Waals surface area contributed by atoms with Gasteiger partial charge in [-0.15, -0.1) is 0 Å². The minimum Gasteiger partial charge on any atom is -0.508 e. The molecule has 0 aliphatic carbocycles. The van der Waals surface area contributed by atoms with Gasteiger partial charge in [0.05, 0.1) is 7.11 Å². The second-order valence-electron chi connectivity index (χ2n) is 8.56. The number of rotatable bonds is 5. The van der Waals surface area contributed by atoms with E-state index in [-0.39, 0.29) is 11.7 Å². The molecule has 0 unspecified atom stereocenters. The Hall–Kier alpha value is -3.73. The molecule has 33 heavy (non-hydrogen) atoms. The number of carbonyl (C=O) groups is 1. The predicted octanol–water partition coefficient (Wildman–Crippen LogP) is 5.17. The van der Waals surface area contributed by atoms with E-state index >= 15 is 0 Å². The number of ether oxygens (including phenoxy) is 2. The maximum absolute atomic E-state index is 11.1. The molecule has 2 aliphatic rings. The Morgan fingerprint density at radius 1 is 1.00 bits per heavy atom. The summed E-state index contributed by atoms with van der Waals surface area (Å²) in [6.45, 7) is 2.20. The van der Waals surface area contributed by atoms with Gasteiger partial charge in [-0.2, -0.15) is 0 Å². The molecule has 0 saturated carbocycles. The number of aromatic hydroxyl groups is 1. The van der Waals surface area contributed by atoms with Crippen molar-refractivity contribution in [1.29, 1.82) is 0 Å². The smallest absolute Gasteiger partial charge is 0.131 e. The third-order valence-corrected chi connectivity index (χ3v) is 6.58. The molecule has 0 radical (unpaired) electrons. The van der Waals surface area contributed by atoms with E-state index < -0.39 is 0 Å². The fourth-order valence-corrected chi connectivity index (χ4v) is 4.72. The van der Waals surface area contributed by atoms with Crippen LogP contribution < -0.4 is 14.4 Å². The third kappa shape index (κ3) is 4.19. The lowest BCUT2D eigenvalue weighted by molar-refractivity contribution is -0.111. The summed E-state index contributed by atoms with van der Waals surface area (Å²) in [4.78, 5) is 13.4. The Labute approximate surface area is 193 Å². The topological polar surface area (TPSA) is 59.0 Å². The van der Waals surface area contributed by atoms with Crippen LogP contribution in [-0.4, -0.2) is 38.2 Å². The van der Waals surface area contributed by atoms with Crippen LogP contribution in [0.5, 0.6) is 17.2 Å². The van der Waals surface area contributed by atoms with E-state index in [0.717, 1.165) is 65.8 Å². The van der Waals surface area contributed by atoms with E-state index in [4.69, 9.17) is 9.47 Å². The zero-order chi connectivity index (χ0) is 22.8. The van der Waals surface area contributed by atoms with Crippen molar-refractivity contribution in [3.8, 4) is 17.2 Å². The summed E-state index contributed by atoms with van der Waals surface area (Å²) in [5, 5.41) is 9.97. The number of phenols is 1. The number of benzene rings is 3. The number of aldehydes is 1. The number of phenolic OH excluding ortho intramolecular Hbond substituents is 1. The highest BCUT2D eigenvalue weighted by Crippen LogP contribution is 2.43. The van der Waals surface area contributed by atoms with Crippen molar-refractivity contribution in [2.24, 2.45) is 5.92 Å². The van der Waals surface area contributed by atoms with Gasteiger partial charge in [0.15, 0.2) is 0 Å². The SMILES string of the molecule is COc1cccc(C2=C(c3ccc(N4CCC(C=O)CC4)cc3)c3ccc(O)cc3OC2)c1. The van der Waals surface area contributed by atoms with Gasteiger partial charge >= 0.3 is 0 Å². The molecule has 1 fully saturated rings. The third-order valence-electron chi connectivity index (χ3n) is 6.58. The first kappa shape index (κ1) is 21.1. The van der Waals surface area contributed by atoms with Crippen LogP contribution in [0, 0.1) is 5.92 Å². The largest absolute Gasteiger partial charge is 0.508 e. The highest BCUT2D eigenvalue weighted by atomic mass is 16.5. The van der Waals surface area contributed by atoms with E-state index in [0.29, 0.717) is 12.4 Å². The van der Waals surface area contributed by atoms with E-state index in [2.05, 4.69) is 35.2 Å². The van der Waals surface area contributed by atoms with Crippen LogP contribution in [0.1, 0.15) is 29.5 Å². The number of hydrogen-bond acceptors (Lipinski definition) is 5. The molecule has 3 aromatic rings. The lowest BCUT2D eigenvalue weighted by atomic mass is 9.87. The van der Waals surface area contributed by atoms with Crippen LogP contribution >= 0.6 is 0 Å². The molecule has 1 saturated heterocycles. The summed E-state index contributed by atoms with van der Waals surface area (Å²) in [6, 6.07) is 21.9. The molecule has 5 rings (SSSR count). The van der Waals surface area contributed by atoms with Crippen LogP contribution in [0.3, 0.4) is 0 Å².